The number of nitrogens with zero attached hydrogens (tertiary/aromatic N) is 2. The maximum atomic E-state index is 11.7. The number of hydrogen-bond acceptors (Lipinski definition) is 7. The molecule has 5 nitrogen and oxygen atoms in total. The van der Waals surface area contributed by atoms with Crippen molar-refractivity contribution in [3.8, 4) is 0 Å². The van der Waals surface area contributed by atoms with Crippen LogP contribution in [0.25, 0.3) is 0 Å². The molecule has 7 heteroatoms. The first-order valence-corrected chi connectivity index (χ1v) is 9.74. The summed E-state index contributed by atoms with van der Waals surface area (Å²) >= 11 is 9.47. The zero-order valence-corrected chi connectivity index (χ0v) is 15.7. The third-order valence-electron chi connectivity index (χ3n) is 4.16. The number of unbranched alkanes of at least 4 members (excludes halogenated alkanes) is 1. The highest BCUT2D eigenvalue weighted by atomic mass is 32.1. The Hall–Kier alpha value is 0.0500. The van der Waals surface area contributed by atoms with E-state index < -0.39 is 0 Å². The van der Waals surface area contributed by atoms with Crippen molar-refractivity contribution in [3.05, 3.63) is 0 Å². The molecule has 0 aromatic carbocycles. The van der Waals surface area contributed by atoms with Gasteiger partial charge in [-0.25, -0.2) is 0 Å². The number of aliphatic hydroxyl groups excluding tert-OH is 1. The van der Waals surface area contributed by atoms with Crippen LogP contribution in [0.2, 0.25) is 0 Å². The molecule has 1 rings (SSSR count). The smallest absolute Gasteiger partial charge is 0.305 e. The maximum Gasteiger partial charge on any atom is 0.305 e. The summed E-state index contributed by atoms with van der Waals surface area (Å²) in [6, 6.07) is 0. The number of esters is 1. The number of aliphatic hydroxyl groups is 1. The van der Waals surface area contributed by atoms with Gasteiger partial charge in [0.1, 0.15) is 6.61 Å². The van der Waals surface area contributed by atoms with E-state index >= 15 is 0 Å². The van der Waals surface area contributed by atoms with Gasteiger partial charge in [-0.05, 0) is 12.2 Å². The topological polar surface area (TPSA) is 53.0 Å². The van der Waals surface area contributed by atoms with Gasteiger partial charge in [0.2, 0.25) is 0 Å². The molecule has 0 aromatic heterocycles. The summed E-state index contributed by atoms with van der Waals surface area (Å²) in [4.78, 5) is 16.2. The Kier molecular flexibility index (Phi) is 12.2. The van der Waals surface area contributed by atoms with Gasteiger partial charge in [0.25, 0.3) is 0 Å². The lowest BCUT2D eigenvalue weighted by Crippen LogP contribution is -2.48. The highest BCUT2D eigenvalue weighted by Gasteiger charge is 2.16. The standard InChI is InChI=1S/C16H32N2O3S2/c19-12-10-17-6-8-18(9-7-17)11-13-21-16(20)4-2-1-3-15(23)5-14-22/h15,19,22-23H,1-14H2/p-1. The van der Waals surface area contributed by atoms with Crippen molar-refractivity contribution in [2.24, 2.45) is 0 Å². The van der Waals surface area contributed by atoms with Crippen molar-refractivity contribution in [2.75, 3.05) is 58.2 Å². The van der Waals surface area contributed by atoms with Crippen LogP contribution in [0, 0.1) is 0 Å². The van der Waals surface area contributed by atoms with Gasteiger partial charge >= 0.3 is 5.97 Å². The van der Waals surface area contributed by atoms with E-state index in [2.05, 4.69) is 22.4 Å². The highest BCUT2D eigenvalue weighted by molar-refractivity contribution is 7.80. The molecule has 136 valence electrons. The highest BCUT2D eigenvalue weighted by Crippen LogP contribution is 2.09. The van der Waals surface area contributed by atoms with Gasteiger partial charge in [0, 0.05) is 45.7 Å². The van der Waals surface area contributed by atoms with Crippen LogP contribution in [0.15, 0.2) is 0 Å². The van der Waals surface area contributed by atoms with Gasteiger partial charge in [0.05, 0.1) is 6.61 Å². The van der Waals surface area contributed by atoms with Gasteiger partial charge in [-0.15, -0.1) is 0 Å². The van der Waals surface area contributed by atoms with E-state index in [1.54, 1.807) is 0 Å². The van der Waals surface area contributed by atoms with Crippen molar-refractivity contribution in [2.45, 2.75) is 37.4 Å². The number of β-amino-alcohol motifs (C(OH)–C–C–N with tert-alkyl or cyclic N) is 1. The molecule has 0 saturated carbocycles. The summed E-state index contributed by atoms with van der Waals surface area (Å²) in [6.45, 7) is 6.15. The van der Waals surface area contributed by atoms with Gasteiger partial charge < -0.3 is 22.5 Å². The lowest BCUT2D eigenvalue weighted by molar-refractivity contribution is -0.144. The van der Waals surface area contributed by atoms with Crippen LogP contribution < -0.4 is 0 Å². The van der Waals surface area contributed by atoms with E-state index in [-0.39, 0.29) is 17.8 Å². The van der Waals surface area contributed by atoms with Crippen LogP contribution in [0.5, 0.6) is 0 Å². The second-order valence-electron chi connectivity index (χ2n) is 6.01. The van der Waals surface area contributed by atoms with Crippen molar-refractivity contribution in [3.63, 3.8) is 0 Å². The molecule has 1 unspecified atom stereocenters. The third-order valence-corrected chi connectivity index (χ3v) is 4.89. The Bertz CT molecular complexity index is 314. The summed E-state index contributed by atoms with van der Waals surface area (Å²) < 4.78 is 5.30. The van der Waals surface area contributed by atoms with E-state index in [1.807, 2.05) is 0 Å². The molecule has 23 heavy (non-hydrogen) atoms. The lowest BCUT2D eigenvalue weighted by Gasteiger charge is -2.34. The first-order valence-electron chi connectivity index (χ1n) is 8.63. The van der Waals surface area contributed by atoms with Crippen LogP contribution in [0.1, 0.15) is 32.1 Å². The molecule has 1 saturated heterocycles. The monoisotopic (exact) mass is 363 g/mol. The number of carbonyl (C=O) groups excluding carboxylic acids is 1. The summed E-state index contributed by atoms with van der Waals surface area (Å²) in [5.41, 5.74) is 0. The molecule has 1 heterocycles. The summed E-state index contributed by atoms with van der Waals surface area (Å²) in [6.07, 6.45) is 4.30. The minimum absolute atomic E-state index is 0.0981. The fourth-order valence-electron chi connectivity index (χ4n) is 2.67. The van der Waals surface area contributed by atoms with E-state index in [0.29, 0.717) is 13.0 Å². The second-order valence-corrected chi connectivity index (χ2v) is 7.12. The fraction of sp³-hybridized carbons (Fsp3) is 0.938. The van der Waals surface area contributed by atoms with Crippen LogP contribution in [0.4, 0.5) is 0 Å². The minimum Gasteiger partial charge on any atom is -0.789 e. The number of piperazine rings is 1. The maximum absolute atomic E-state index is 11.7. The molecule has 1 fully saturated rings. The largest absolute Gasteiger partial charge is 0.789 e. The third kappa shape index (κ3) is 10.5. The molecule has 0 spiro atoms. The lowest BCUT2D eigenvalue weighted by atomic mass is 10.1. The molecular formula is C16H31N2O3S2-. The van der Waals surface area contributed by atoms with E-state index in [1.165, 1.54) is 0 Å². The second kappa shape index (κ2) is 13.4. The van der Waals surface area contributed by atoms with Crippen molar-refractivity contribution < 1.29 is 14.6 Å². The molecule has 0 amide bonds. The number of hydrogen-bond donors (Lipinski definition) is 2. The van der Waals surface area contributed by atoms with Gasteiger partial charge in [-0.1, -0.05) is 19.3 Å². The van der Waals surface area contributed by atoms with E-state index in [4.69, 9.17) is 22.5 Å². The van der Waals surface area contributed by atoms with Crippen molar-refractivity contribution in [1.29, 1.82) is 0 Å². The predicted octanol–water partition coefficient (Wildman–Crippen LogP) is 0.935. The van der Waals surface area contributed by atoms with E-state index in [9.17, 15) is 4.79 Å². The average molecular weight is 364 g/mol. The molecule has 0 aromatic rings. The SMILES string of the molecule is O=C(CCCCC([S-])CCS)OCCN1CCN(CCO)CC1. The van der Waals surface area contributed by atoms with Crippen molar-refractivity contribution >= 4 is 31.2 Å². The fourth-order valence-corrected chi connectivity index (χ4v) is 3.44. The molecule has 1 atom stereocenters. The normalized spacial score (nSPS) is 18.0. The molecule has 0 radical (unpaired) electrons. The molecular weight excluding hydrogens is 332 g/mol. The predicted molar refractivity (Wildman–Crippen MR) is 99.0 cm³/mol. The van der Waals surface area contributed by atoms with Gasteiger partial charge in [-0.2, -0.15) is 17.9 Å². The number of ether oxygens (including phenoxy) is 1. The number of thiol groups is 1. The number of carbonyl (C=O) groups is 1. The first kappa shape index (κ1) is 21.1. The van der Waals surface area contributed by atoms with E-state index in [0.717, 1.165) is 70.7 Å². The molecule has 1 aliphatic rings. The Morgan fingerprint density at radius 3 is 2.39 bits per heavy atom. The average Bonchev–Trinajstić information content (AvgIpc) is 2.54. The van der Waals surface area contributed by atoms with Crippen LogP contribution >= 0.6 is 12.6 Å². The molecule has 0 bridgehead atoms. The summed E-state index contributed by atoms with van der Waals surface area (Å²) in [5.74, 6) is 0.740. The first-order chi connectivity index (χ1) is 11.2. The Labute approximate surface area is 151 Å². The quantitative estimate of drug-likeness (QED) is 0.233. The van der Waals surface area contributed by atoms with Crippen LogP contribution in [-0.4, -0.2) is 84.4 Å². The zero-order chi connectivity index (χ0) is 16.9. The summed E-state index contributed by atoms with van der Waals surface area (Å²) in [5, 5.41) is 9.20. The van der Waals surface area contributed by atoms with Gasteiger partial charge in [0.15, 0.2) is 0 Å². The summed E-state index contributed by atoms with van der Waals surface area (Å²) in [7, 11) is 0. The molecule has 1 N–H and O–H groups in total. The Balaban J connectivity index is 1.96. The zero-order valence-electron chi connectivity index (χ0n) is 14.0. The van der Waals surface area contributed by atoms with Crippen LogP contribution in [-0.2, 0) is 22.2 Å². The Morgan fingerprint density at radius 2 is 1.78 bits per heavy atom. The number of rotatable bonds is 12. The van der Waals surface area contributed by atoms with Crippen LogP contribution in [0.3, 0.4) is 0 Å². The van der Waals surface area contributed by atoms with Crippen molar-refractivity contribution in [1.82, 2.24) is 9.80 Å². The Morgan fingerprint density at radius 1 is 1.13 bits per heavy atom. The molecule has 1 aliphatic heterocycles. The van der Waals surface area contributed by atoms with Gasteiger partial charge in [-0.3, -0.25) is 14.6 Å². The minimum atomic E-state index is -0.0981. The molecule has 0 aliphatic carbocycles.